The second-order valence-corrected chi connectivity index (χ2v) is 13.1. The molecule has 3 aliphatic rings. The normalized spacial score (nSPS) is 23.6. The zero-order chi connectivity index (χ0) is 30.7. The van der Waals surface area contributed by atoms with Crippen LogP contribution in [0.15, 0.2) is 61.2 Å². The number of amides is 1. The average Bonchev–Trinajstić information content (AvgIpc) is 3.23. The highest BCUT2D eigenvalue weighted by Crippen LogP contribution is 2.59. The number of carbonyl (C=O) groups excluding carboxylic acids is 2. The second-order valence-electron chi connectivity index (χ2n) is 11.7. The van der Waals surface area contributed by atoms with Crippen molar-refractivity contribution < 1.29 is 19.1 Å². The summed E-state index contributed by atoms with van der Waals surface area (Å²) in [6, 6.07) is 16.4. The van der Waals surface area contributed by atoms with Crippen LogP contribution < -0.4 is 15.4 Å². The average molecular weight is 636 g/mol. The Hall–Kier alpha value is -3.39. The van der Waals surface area contributed by atoms with Crippen molar-refractivity contribution in [2.24, 2.45) is 0 Å². The highest BCUT2D eigenvalue weighted by atomic mass is 35.5. The number of hydrogen-bond donors (Lipinski definition) is 2. The summed E-state index contributed by atoms with van der Waals surface area (Å²) in [6.07, 6.45) is 2.27. The van der Waals surface area contributed by atoms with Crippen molar-refractivity contribution in [3.05, 3.63) is 99.0 Å². The number of ether oxygens (including phenoxy) is 2. The molecule has 1 aliphatic carbocycles. The quantitative estimate of drug-likeness (QED) is 0.212. The van der Waals surface area contributed by atoms with Crippen molar-refractivity contribution in [1.82, 2.24) is 5.32 Å². The number of methoxy groups -OCH3 is 1. The molecule has 3 aromatic rings. The van der Waals surface area contributed by atoms with Crippen LogP contribution in [0.5, 0.6) is 5.75 Å². The van der Waals surface area contributed by atoms with E-state index in [1.165, 1.54) is 7.11 Å². The van der Waals surface area contributed by atoms with Crippen LogP contribution in [0.2, 0.25) is 10.0 Å². The van der Waals surface area contributed by atoms with Crippen molar-refractivity contribution in [1.29, 1.82) is 0 Å². The van der Waals surface area contributed by atoms with Crippen LogP contribution in [0, 0.1) is 6.92 Å². The molecule has 1 saturated carbocycles. The standard InChI is InChI=1S/C34H32Cl2N2O4S/c1-18(2)20-7-6-19(3)23(14-20)30-34(25-10-8-22(36)16-27(25)37-31(34)39)26(17-29(43)38-30)24-15-21(35)9-11-28(24)42-33(12-5-13-33)32(40)41-4/h6-11,14-16,26,30H,1,5,12-13,17H2,2-4H3,(H,37,39)(H,38,43). The lowest BCUT2D eigenvalue weighted by molar-refractivity contribution is -0.167. The maximum Gasteiger partial charge on any atom is 0.350 e. The Kier molecular flexibility index (Phi) is 7.56. The summed E-state index contributed by atoms with van der Waals surface area (Å²) in [4.78, 5) is 28.1. The first-order valence-corrected chi connectivity index (χ1v) is 15.4. The Morgan fingerprint density at radius 3 is 2.44 bits per heavy atom. The van der Waals surface area contributed by atoms with Crippen molar-refractivity contribution >= 4 is 63.5 Å². The third-order valence-electron chi connectivity index (χ3n) is 9.21. The number of allylic oxidation sites excluding steroid dienone is 1. The molecule has 0 radical (unpaired) electrons. The van der Waals surface area contributed by atoms with Gasteiger partial charge in [0, 0.05) is 33.6 Å². The summed E-state index contributed by atoms with van der Waals surface area (Å²) < 4.78 is 11.7. The lowest BCUT2D eigenvalue weighted by Gasteiger charge is -2.48. The number of thiocarbonyl (C=S) groups is 1. The Balaban J connectivity index is 1.62. The zero-order valence-corrected chi connectivity index (χ0v) is 26.5. The van der Waals surface area contributed by atoms with Gasteiger partial charge in [0.2, 0.25) is 11.5 Å². The van der Waals surface area contributed by atoms with E-state index in [0.717, 1.165) is 34.2 Å². The molecule has 2 N–H and O–H groups in total. The second kappa shape index (κ2) is 11.0. The van der Waals surface area contributed by atoms with Crippen molar-refractivity contribution in [2.75, 3.05) is 12.4 Å². The fourth-order valence-corrected chi connectivity index (χ4v) is 7.50. The molecule has 43 heavy (non-hydrogen) atoms. The number of piperidine rings is 1. The number of halogens is 2. The molecule has 3 aromatic carbocycles. The first-order chi connectivity index (χ1) is 20.5. The minimum atomic E-state index is -1.18. The molecule has 1 spiro atoms. The molecule has 2 fully saturated rings. The molecule has 9 heteroatoms. The Bertz CT molecular complexity index is 1700. The van der Waals surface area contributed by atoms with Crippen LogP contribution in [0.3, 0.4) is 0 Å². The summed E-state index contributed by atoms with van der Waals surface area (Å²) in [6.45, 7) is 8.13. The number of anilines is 1. The number of aryl methyl sites for hydroxylation is 1. The van der Waals surface area contributed by atoms with Crippen LogP contribution >= 0.6 is 35.4 Å². The molecule has 6 nitrogen and oxygen atoms in total. The number of nitrogens with one attached hydrogen (secondary N) is 2. The van der Waals surface area contributed by atoms with Gasteiger partial charge in [-0.1, -0.05) is 65.8 Å². The number of carbonyl (C=O) groups is 2. The fourth-order valence-electron chi connectivity index (χ4n) is 6.86. The molecule has 2 heterocycles. The predicted octanol–water partition coefficient (Wildman–Crippen LogP) is 7.85. The molecular formula is C34H32Cl2N2O4S. The van der Waals surface area contributed by atoms with E-state index in [4.69, 9.17) is 44.9 Å². The third kappa shape index (κ3) is 4.73. The summed E-state index contributed by atoms with van der Waals surface area (Å²) >= 11 is 19.0. The summed E-state index contributed by atoms with van der Waals surface area (Å²) in [7, 11) is 1.37. The molecule has 3 atom stereocenters. The largest absolute Gasteiger partial charge is 0.475 e. The van der Waals surface area contributed by atoms with Gasteiger partial charge in [0.25, 0.3) is 0 Å². The van der Waals surface area contributed by atoms with Gasteiger partial charge >= 0.3 is 5.97 Å². The van der Waals surface area contributed by atoms with Crippen LogP contribution in [0.25, 0.3) is 5.57 Å². The molecule has 3 unspecified atom stereocenters. The van der Waals surface area contributed by atoms with E-state index in [2.05, 4.69) is 23.3 Å². The SMILES string of the molecule is C=C(C)c1ccc(C)c(C2NC(=S)CC(c3cc(Cl)ccc3OC3(C(=O)OC)CCC3)C23C(=O)Nc2cc(Cl)ccc23)c1. The number of rotatable bonds is 6. The van der Waals surface area contributed by atoms with E-state index >= 15 is 0 Å². The monoisotopic (exact) mass is 634 g/mol. The van der Waals surface area contributed by atoms with Gasteiger partial charge in [-0.25, -0.2) is 4.79 Å². The lowest BCUT2D eigenvalue weighted by atomic mass is 9.59. The minimum absolute atomic E-state index is 0.188. The van der Waals surface area contributed by atoms with Gasteiger partial charge in [0.05, 0.1) is 18.1 Å². The van der Waals surface area contributed by atoms with E-state index in [0.29, 0.717) is 51.3 Å². The maximum atomic E-state index is 14.6. The van der Waals surface area contributed by atoms with Crippen LogP contribution in [-0.4, -0.2) is 29.6 Å². The van der Waals surface area contributed by atoms with Gasteiger partial charge < -0.3 is 20.1 Å². The molecule has 0 bridgehead atoms. The molecule has 222 valence electrons. The van der Waals surface area contributed by atoms with E-state index in [1.54, 1.807) is 24.3 Å². The van der Waals surface area contributed by atoms with Crippen molar-refractivity contribution in [3.63, 3.8) is 0 Å². The Morgan fingerprint density at radius 1 is 1.05 bits per heavy atom. The maximum absolute atomic E-state index is 14.6. The lowest BCUT2D eigenvalue weighted by Crippen LogP contribution is -2.57. The number of hydrogen-bond acceptors (Lipinski definition) is 5. The first-order valence-electron chi connectivity index (χ1n) is 14.2. The van der Waals surface area contributed by atoms with Crippen molar-refractivity contribution in [3.8, 4) is 5.75 Å². The van der Waals surface area contributed by atoms with Crippen LogP contribution in [0.1, 0.15) is 72.4 Å². The van der Waals surface area contributed by atoms with E-state index in [-0.39, 0.29) is 5.91 Å². The molecule has 2 aliphatic heterocycles. The van der Waals surface area contributed by atoms with Gasteiger partial charge in [-0.15, -0.1) is 0 Å². The fraction of sp³-hybridized carbons (Fsp3) is 0.324. The Morgan fingerprint density at radius 2 is 1.77 bits per heavy atom. The molecule has 1 saturated heterocycles. The summed E-state index contributed by atoms with van der Waals surface area (Å²) in [5, 5.41) is 7.68. The number of fused-ring (bicyclic) bond motifs is 2. The molecule has 1 amide bonds. The van der Waals surface area contributed by atoms with E-state index < -0.39 is 28.9 Å². The van der Waals surface area contributed by atoms with Gasteiger partial charge in [0.1, 0.15) is 11.2 Å². The highest BCUT2D eigenvalue weighted by molar-refractivity contribution is 7.80. The number of benzene rings is 3. The van der Waals surface area contributed by atoms with Crippen LogP contribution in [0.4, 0.5) is 5.69 Å². The van der Waals surface area contributed by atoms with Crippen LogP contribution in [-0.2, 0) is 19.7 Å². The van der Waals surface area contributed by atoms with Gasteiger partial charge in [-0.2, -0.15) is 0 Å². The third-order valence-corrected chi connectivity index (χ3v) is 9.96. The zero-order valence-electron chi connectivity index (χ0n) is 24.2. The smallest absolute Gasteiger partial charge is 0.350 e. The molecular weight excluding hydrogens is 603 g/mol. The first kappa shape index (κ1) is 29.7. The topological polar surface area (TPSA) is 76.7 Å². The van der Waals surface area contributed by atoms with Crippen molar-refractivity contribution in [2.45, 2.75) is 62.5 Å². The summed E-state index contributed by atoms with van der Waals surface area (Å²) in [5.41, 5.74) is 3.68. The Labute approximate surface area is 266 Å². The number of esters is 1. The predicted molar refractivity (Wildman–Crippen MR) is 174 cm³/mol. The highest BCUT2D eigenvalue weighted by Gasteiger charge is 2.61. The van der Waals surface area contributed by atoms with E-state index in [1.807, 2.05) is 38.1 Å². The van der Waals surface area contributed by atoms with Gasteiger partial charge in [-0.05, 0) is 91.8 Å². The van der Waals surface area contributed by atoms with Gasteiger partial charge in [0.15, 0.2) is 0 Å². The minimum Gasteiger partial charge on any atom is -0.475 e. The molecule has 6 rings (SSSR count). The molecule has 0 aromatic heterocycles. The van der Waals surface area contributed by atoms with E-state index in [9.17, 15) is 9.59 Å². The van der Waals surface area contributed by atoms with Gasteiger partial charge in [-0.3, -0.25) is 4.79 Å². The summed E-state index contributed by atoms with van der Waals surface area (Å²) in [5.74, 6) is -0.638.